The molecule has 200 valence electrons. The molecule has 0 aliphatic heterocycles. The number of amides is 1. The number of aryl methyl sites for hydroxylation is 1. The first-order valence-corrected chi connectivity index (χ1v) is 14.6. The number of phenols is 1. The first kappa shape index (κ1) is 27.4. The third kappa shape index (κ3) is 7.23. The standard InChI is InChI=1S/C30H41N3O3S/c1-30(2,23-12-6-3-7-13-23)21-31-19-18-26(35)33(24-14-8-9-15-24)20-10-4-5-11-22-16-17-25(34)27-28(22)37-29(36)32-27/h3,6-7,12-13,16-17,24,31,34H,4-5,8-11,14-15,18-21H2,1-2H3,(H,32,36). The van der Waals surface area contributed by atoms with Gasteiger partial charge < -0.3 is 20.3 Å². The summed E-state index contributed by atoms with van der Waals surface area (Å²) in [5.74, 6) is 0.398. The van der Waals surface area contributed by atoms with E-state index in [9.17, 15) is 14.7 Å². The Kier molecular flexibility index (Phi) is 9.43. The predicted octanol–water partition coefficient (Wildman–Crippen LogP) is 5.74. The third-order valence-electron chi connectivity index (χ3n) is 7.71. The zero-order valence-corrected chi connectivity index (χ0v) is 23.0. The molecule has 0 radical (unpaired) electrons. The fraction of sp³-hybridized carbons (Fsp3) is 0.533. The molecule has 37 heavy (non-hydrogen) atoms. The van der Waals surface area contributed by atoms with Crippen molar-refractivity contribution in [1.82, 2.24) is 15.2 Å². The van der Waals surface area contributed by atoms with E-state index < -0.39 is 0 Å². The fourth-order valence-corrected chi connectivity index (χ4v) is 6.40. The summed E-state index contributed by atoms with van der Waals surface area (Å²) in [6.45, 7) is 6.84. The Morgan fingerprint density at radius 2 is 1.86 bits per heavy atom. The SMILES string of the molecule is CC(C)(CNCCC(=O)N(CCCCCc1ccc(O)c2[nH]c(=O)sc12)C1CCCC1)c1ccccc1. The van der Waals surface area contributed by atoms with Crippen molar-refractivity contribution in [2.45, 2.75) is 83.1 Å². The van der Waals surface area contributed by atoms with Crippen LogP contribution in [0.25, 0.3) is 10.2 Å². The Labute approximate surface area is 224 Å². The number of aromatic nitrogens is 1. The van der Waals surface area contributed by atoms with Crippen LogP contribution in [0, 0.1) is 0 Å². The number of hydrogen-bond donors (Lipinski definition) is 3. The van der Waals surface area contributed by atoms with Gasteiger partial charge in [-0.3, -0.25) is 9.59 Å². The monoisotopic (exact) mass is 523 g/mol. The predicted molar refractivity (Wildman–Crippen MR) is 153 cm³/mol. The number of nitrogens with one attached hydrogen (secondary N) is 2. The van der Waals surface area contributed by atoms with Crippen LogP contribution in [-0.2, 0) is 16.6 Å². The average molecular weight is 524 g/mol. The highest BCUT2D eigenvalue weighted by atomic mass is 32.1. The van der Waals surface area contributed by atoms with Crippen molar-refractivity contribution < 1.29 is 9.90 Å². The van der Waals surface area contributed by atoms with Crippen molar-refractivity contribution in [2.24, 2.45) is 0 Å². The maximum atomic E-state index is 13.2. The Bertz CT molecular complexity index is 1210. The number of nitrogens with zero attached hydrogens (tertiary/aromatic N) is 1. The molecule has 0 bridgehead atoms. The first-order chi connectivity index (χ1) is 17.8. The van der Waals surface area contributed by atoms with E-state index >= 15 is 0 Å². The van der Waals surface area contributed by atoms with Crippen molar-refractivity contribution in [3.8, 4) is 5.75 Å². The second kappa shape index (κ2) is 12.7. The Hall–Kier alpha value is -2.64. The maximum Gasteiger partial charge on any atom is 0.305 e. The number of unbranched alkanes of at least 4 members (excludes halogenated alkanes) is 2. The lowest BCUT2D eigenvalue weighted by molar-refractivity contribution is -0.133. The molecule has 7 heteroatoms. The number of benzene rings is 2. The summed E-state index contributed by atoms with van der Waals surface area (Å²) in [6, 6.07) is 14.5. The number of carbonyl (C=O) groups excluding carboxylic acids is 1. The normalized spacial score (nSPS) is 14.4. The molecule has 1 aliphatic carbocycles. The van der Waals surface area contributed by atoms with Gasteiger partial charge in [-0.2, -0.15) is 0 Å². The van der Waals surface area contributed by atoms with E-state index in [1.807, 2.05) is 12.1 Å². The summed E-state index contributed by atoms with van der Waals surface area (Å²) in [6.07, 6.45) is 9.10. The molecule has 1 aliphatic rings. The minimum Gasteiger partial charge on any atom is -0.506 e. The van der Waals surface area contributed by atoms with Crippen molar-refractivity contribution in [3.05, 3.63) is 63.3 Å². The molecule has 3 N–H and O–H groups in total. The molecule has 6 nitrogen and oxygen atoms in total. The minimum atomic E-state index is -0.137. The van der Waals surface area contributed by atoms with Gasteiger partial charge >= 0.3 is 4.87 Å². The number of fused-ring (bicyclic) bond motifs is 1. The molecule has 1 saturated carbocycles. The smallest absolute Gasteiger partial charge is 0.305 e. The molecular weight excluding hydrogens is 482 g/mol. The van der Waals surface area contributed by atoms with Crippen LogP contribution in [0.5, 0.6) is 5.75 Å². The van der Waals surface area contributed by atoms with Crippen LogP contribution >= 0.6 is 11.3 Å². The van der Waals surface area contributed by atoms with Gasteiger partial charge in [0.15, 0.2) is 0 Å². The summed E-state index contributed by atoms with van der Waals surface area (Å²) in [5.41, 5.74) is 2.98. The number of hydrogen-bond acceptors (Lipinski definition) is 5. The van der Waals surface area contributed by atoms with Gasteiger partial charge in [0, 0.05) is 37.5 Å². The number of aromatic amines is 1. The largest absolute Gasteiger partial charge is 0.506 e. The Morgan fingerprint density at radius 1 is 1.11 bits per heavy atom. The number of thiazole rings is 1. The highest BCUT2D eigenvalue weighted by Crippen LogP contribution is 2.29. The van der Waals surface area contributed by atoms with Crippen LogP contribution in [0.15, 0.2) is 47.3 Å². The molecular formula is C30H41N3O3S. The van der Waals surface area contributed by atoms with Crippen LogP contribution in [0.1, 0.15) is 76.3 Å². The third-order valence-corrected chi connectivity index (χ3v) is 8.67. The van der Waals surface area contributed by atoms with Crippen molar-refractivity contribution in [3.63, 3.8) is 0 Å². The lowest BCUT2D eigenvalue weighted by Gasteiger charge is -2.30. The lowest BCUT2D eigenvalue weighted by atomic mass is 9.84. The molecule has 0 atom stereocenters. The van der Waals surface area contributed by atoms with E-state index in [2.05, 4.69) is 53.3 Å². The van der Waals surface area contributed by atoms with E-state index in [0.29, 0.717) is 24.5 Å². The van der Waals surface area contributed by atoms with E-state index in [-0.39, 0.29) is 21.9 Å². The minimum absolute atomic E-state index is 0.0227. The number of H-pyrrole nitrogens is 1. The van der Waals surface area contributed by atoms with Gasteiger partial charge in [0.2, 0.25) is 5.91 Å². The van der Waals surface area contributed by atoms with E-state index in [1.54, 1.807) is 6.07 Å². The first-order valence-electron chi connectivity index (χ1n) is 13.7. The van der Waals surface area contributed by atoms with Gasteiger partial charge in [-0.05, 0) is 49.3 Å². The van der Waals surface area contributed by atoms with E-state index in [0.717, 1.165) is 73.2 Å². The summed E-state index contributed by atoms with van der Waals surface area (Å²) >= 11 is 1.16. The van der Waals surface area contributed by atoms with Crippen LogP contribution in [0.3, 0.4) is 0 Å². The summed E-state index contributed by atoms with van der Waals surface area (Å²) < 4.78 is 0.857. The molecule has 3 aromatic rings. The van der Waals surface area contributed by atoms with Crippen LogP contribution < -0.4 is 10.2 Å². The quantitative estimate of drug-likeness (QED) is 0.250. The fourth-order valence-electron chi connectivity index (χ4n) is 5.50. The number of phenolic OH excluding ortho intramolecular Hbond substituents is 1. The average Bonchev–Trinajstić information content (AvgIpc) is 3.56. The molecule has 1 heterocycles. The Morgan fingerprint density at radius 3 is 2.62 bits per heavy atom. The molecule has 0 spiro atoms. The van der Waals surface area contributed by atoms with Crippen LogP contribution in [-0.4, -0.2) is 46.6 Å². The topological polar surface area (TPSA) is 85.4 Å². The number of carbonyl (C=O) groups is 1. The highest BCUT2D eigenvalue weighted by Gasteiger charge is 2.26. The maximum absolute atomic E-state index is 13.2. The van der Waals surface area contributed by atoms with Gasteiger partial charge in [-0.1, -0.05) is 80.8 Å². The van der Waals surface area contributed by atoms with E-state index in [4.69, 9.17) is 0 Å². The van der Waals surface area contributed by atoms with Crippen LogP contribution in [0.2, 0.25) is 0 Å². The van der Waals surface area contributed by atoms with Crippen LogP contribution in [0.4, 0.5) is 0 Å². The number of aromatic hydroxyl groups is 1. The molecule has 1 amide bonds. The zero-order valence-electron chi connectivity index (χ0n) is 22.2. The molecule has 2 aromatic carbocycles. The van der Waals surface area contributed by atoms with Crippen molar-refractivity contribution in [1.29, 1.82) is 0 Å². The Balaban J connectivity index is 1.23. The van der Waals surface area contributed by atoms with Gasteiger partial charge in [0.25, 0.3) is 0 Å². The molecule has 4 rings (SSSR count). The van der Waals surface area contributed by atoms with Gasteiger partial charge in [-0.15, -0.1) is 0 Å². The highest BCUT2D eigenvalue weighted by molar-refractivity contribution is 7.16. The van der Waals surface area contributed by atoms with Crippen molar-refractivity contribution >= 4 is 27.5 Å². The summed E-state index contributed by atoms with van der Waals surface area (Å²) in [7, 11) is 0. The van der Waals surface area contributed by atoms with Gasteiger partial charge in [-0.25, -0.2) is 0 Å². The second-order valence-electron chi connectivity index (χ2n) is 11.0. The molecule has 1 fully saturated rings. The summed E-state index contributed by atoms with van der Waals surface area (Å²) in [5, 5.41) is 13.5. The number of rotatable bonds is 13. The van der Waals surface area contributed by atoms with Gasteiger partial charge in [0.1, 0.15) is 11.3 Å². The summed E-state index contributed by atoms with van der Waals surface area (Å²) in [4.78, 5) is 29.7. The molecule has 1 aromatic heterocycles. The van der Waals surface area contributed by atoms with Crippen molar-refractivity contribution in [2.75, 3.05) is 19.6 Å². The second-order valence-corrected chi connectivity index (χ2v) is 12.0. The lowest BCUT2D eigenvalue weighted by Crippen LogP contribution is -2.41. The molecule has 0 saturated heterocycles. The van der Waals surface area contributed by atoms with Gasteiger partial charge in [0.05, 0.1) is 4.70 Å². The van der Waals surface area contributed by atoms with E-state index in [1.165, 1.54) is 18.4 Å². The molecule has 0 unspecified atom stereocenters. The zero-order chi connectivity index (χ0) is 26.3.